The molecule has 0 fully saturated rings. The van der Waals surface area contributed by atoms with Crippen molar-refractivity contribution >= 4 is 31.2 Å². The number of carbonyl (C=O) groups excluding carboxylic acids is 4. The number of amides is 4. The minimum atomic E-state index is -3.11. The fourth-order valence-electron chi connectivity index (χ4n) is 3.56. The highest BCUT2D eigenvalue weighted by Gasteiger charge is 2.33. The third-order valence-corrected chi connectivity index (χ3v) is 7.72. The highest BCUT2D eigenvalue weighted by molar-refractivity contribution is 7.53. The number of hydrogen-bond acceptors (Lipinski definition) is 7. The molecular formula is C27H41N4O7P. The molecule has 1 unspecified atom stereocenters. The number of hydrogen-bond donors (Lipinski definition) is 4. The molecule has 0 aliphatic carbocycles. The van der Waals surface area contributed by atoms with Crippen molar-refractivity contribution in [2.75, 3.05) is 39.5 Å². The summed E-state index contributed by atoms with van der Waals surface area (Å²) in [5, 5.41) is 10.7. The molecule has 4 N–H and O–H groups in total. The molecule has 39 heavy (non-hydrogen) atoms. The molecule has 1 atom stereocenters. The van der Waals surface area contributed by atoms with E-state index in [2.05, 4.69) is 39.0 Å². The summed E-state index contributed by atoms with van der Waals surface area (Å²) in [6, 6.07) is 0. The summed E-state index contributed by atoms with van der Waals surface area (Å²) in [5.41, 5.74) is -1.05. The Balaban J connectivity index is 5.52. The number of unbranched alkanes of at least 4 members (excludes halogenated alkanes) is 1. The fourth-order valence-corrected chi connectivity index (χ4v) is 4.51. The Morgan fingerprint density at radius 3 is 1.54 bits per heavy atom. The molecule has 0 bridgehead atoms. The molecule has 216 valence electrons. The first kappa shape index (κ1) is 35.7. The number of carbonyl (C=O) groups is 4. The first-order valence-corrected chi connectivity index (χ1v) is 14.5. The molecule has 0 saturated heterocycles. The van der Waals surface area contributed by atoms with E-state index in [1.54, 1.807) is 6.92 Å². The van der Waals surface area contributed by atoms with Gasteiger partial charge < -0.3 is 30.3 Å². The summed E-state index contributed by atoms with van der Waals surface area (Å²) < 4.78 is 22.4. The number of terminal acetylenes is 3. The van der Waals surface area contributed by atoms with Gasteiger partial charge in [0, 0.05) is 44.5 Å². The zero-order valence-corrected chi connectivity index (χ0v) is 23.8. The molecule has 4 amide bonds. The SMILES string of the molecule is C#CCNC(=O)CCC(CCC(=O)NCC#C)(CCC(=O)NCC#C)NC(=O)CCCCOP(=O)(CC)OC. The zero-order valence-electron chi connectivity index (χ0n) is 22.9. The van der Waals surface area contributed by atoms with E-state index >= 15 is 0 Å². The van der Waals surface area contributed by atoms with Crippen molar-refractivity contribution in [1.29, 1.82) is 0 Å². The standard InChI is InChI=1S/C27H41N4O7P/c1-6-19-28-23(32)13-16-27(17-14-24(33)29-20-7-2,18-15-25(34)30-21-8-3)31-26(35)12-10-11-22-38-39(36,9-4)37-5/h1-3H,9-22H2,4-5H3,(H,28,32)(H,29,33)(H,30,34)(H,31,35). The van der Waals surface area contributed by atoms with E-state index in [0.717, 1.165) is 0 Å². The lowest BCUT2D eigenvalue weighted by Gasteiger charge is -2.35. The van der Waals surface area contributed by atoms with Gasteiger partial charge in [0.2, 0.25) is 23.6 Å². The third kappa shape index (κ3) is 17.0. The van der Waals surface area contributed by atoms with Crippen LogP contribution in [0.2, 0.25) is 0 Å². The minimum absolute atomic E-state index is 0.0110. The molecule has 12 heteroatoms. The maximum atomic E-state index is 13.0. The van der Waals surface area contributed by atoms with Crippen molar-refractivity contribution < 1.29 is 32.8 Å². The van der Waals surface area contributed by atoms with Gasteiger partial charge in [0.1, 0.15) is 0 Å². The topological polar surface area (TPSA) is 152 Å². The molecule has 0 rings (SSSR count). The summed E-state index contributed by atoms with van der Waals surface area (Å²) in [4.78, 5) is 49.9. The third-order valence-electron chi connectivity index (χ3n) is 5.81. The summed E-state index contributed by atoms with van der Waals surface area (Å²) in [7, 11) is -1.79. The summed E-state index contributed by atoms with van der Waals surface area (Å²) in [5.74, 6) is 5.67. The second kappa shape index (κ2) is 20.6. The van der Waals surface area contributed by atoms with E-state index in [0.29, 0.717) is 12.8 Å². The van der Waals surface area contributed by atoms with E-state index in [1.165, 1.54) is 7.11 Å². The second-order valence-corrected chi connectivity index (χ2v) is 11.1. The van der Waals surface area contributed by atoms with Crippen LogP contribution >= 0.6 is 7.60 Å². The zero-order chi connectivity index (χ0) is 29.6. The quantitative estimate of drug-likeness (QED) is 0.0936. The van der Waals surface area contributed by atoms with Gasteiger partial charge >= 0.3 is 7.60 Å². The van der Waals surface area contributed by atoms with Gasteiger partial charge in [0.05, 0.1) is 26.2 Å². The smallest absolute Gasteiger partial charge is 0.330 e. The van der Waals surface area contributed by atoms with Crippen LogP contribution in [-0.4, -0.2) is 68.7 Å². The van der Waals surface area contributed by atoms with Crippen molar-refractivity contribution in [3.8, 4) is 37.0 Å². The van der Waals surface area contributed by atoms with E-state index in [4.69, 9.17) is 28.3 Å². The van der Waals surface area contributed by atoms with Crippen molar-refractivity contribution in [2.45, 2.75) is 70.3 Å². The molecule has 0 aromatic heterocycles. The highest BCUT2D eigenvalue weighted by atomic mass is 31.2. The normalized spacial score (nSPS) is 12.1. The van der Waals surface area contributed by atoms with Crippen LogP contribution in [0.15, 0.2) is 0 Å². The van der Waals surface area contributed by atoms with Crippen LogP contribution in [0.3, 0.4) is 0 Å². The average Bonchev–Trinajstić information content (AvgIpc) is 2.93. The fraction of sp³-hybridized carbons (Fsp3) is 0.630. The largest absolute Gasteiger partial charge is 0.351 e. The van der Waals surface area contributed by atoms with Gasteiger partial charge in [0.15, 0.2) is 0 Å². The van der Waals surface area contributed by atoms with Gasteiger partial charge in [-0.3, -0.25) is 23.7 Å². The lowest BCUT2D eigenvalue weighted by Crippen LogP contribution is -2.50. The van der Waals surface area contributed by atoms with Crippen molar-refractivity contribution in [1.82, 2.24) is 21.3 Å². The monoisotopic (exact) mass is 564 g/mol. The van der Waals surface area contributed by atoms with Crippen LogP contribution in [-0.2, 0) is 32.8 Å². The Morgan fingerprint density at radius 2 is 1.18 bits per heavy atom. The lowest BCUT2D eigenvalue weighted by atomic mass is 9.83. The van der Waals surface area contributed by atoms with Crippen LogP contribution in [0.5, 0.6) is 0 Å². The van der Waals surface area contributed by atoms with Gasteiger partial charge in [-0.1, -0.05) is 24.7 Å². The molecular weight excluding hydrogens is 523 g/mol. The Morgan fingerprint density at radius 1 is 0.744 bits per heavy atom. The predicted octanol–water partition coefficient (Wildman–Crippen LogP) is 1.48. The van der Waals surface area contributed by atoms with Crippen molar-refractivity contribution in [3.05, 3.63) is 0 Å². The Labute approximate surface area is 232 Å². The van der Waals surface area contributed by atoms with E-state index in [9.17, 15) is 23.7 Å². The molecule has 0 aromatic rings. The lowest BCUT2D eigenvalue weighted by molar-refractivity contribution is -0.127. The van der Waals surface area contributed by atoms with Gasteiger partial charge in [-0.15, -0.1) is 19.3 Å². The molecule has 0 heterocycles. The van der Waals surface area contributed by atoms with Crippen LogP contribution in [0.25, 0.3) is 0 Å². The average molecular weight is 565 g/mol. The number of nitrogens with one attached hydrogen (secondary N) is 4. The Kier molecular flexibility index (Phi) is 18.9. The van der Waals surface area contributed by atoms with Gasteiger partial charge in [-0.25, -0.2) is 0 Å². The van der Waals surface area contributed by atoms with Crippen molar-refractivity contribution in [3.63, 3.8) is 0 Å². The molecule has 11 nitrogen and oxygen atoms in total. The Hall–Kier alpha value is -3.29. The predicted molar refractivity (Wildman–Crippen MR) is 149 cm³/mol. The van der Waals surface area contributed by atoms with Gasteiger partial charge in [0.25, 0.3) is 0 Å². The minimum Gasteiger partial charge on any atom is -0.351 e. The van der Waals surface area contributed by atoms with Crippen LogP contribution in [0.4, 0.5) is 0 Å². The molecule has 0 aliphatic heterocycles. The molecule has 0 spiro atoms. The van der Waals surface area contributed by atoms with Crippen LogP contribution in [0, 0.1) is 37.0 Å². The Bertz CT molecular complexity index is 887. The van der Waals surface area contributed by atoms with Gasteiger partial charge in [-0.05, 0) is 32.1 Å². The van der Waals surface area contributed by atoms with Gasteiger partial charge in [-0.2, -0.15) is 0 Å². The molecule has 0 radical (unpaired) electrons. The van der Waals surface area contributed by atoms with Crippen LogP contribution in [0.1, 0.15) is 64.7 Å². The maximum Gasteiger partial charge on any atom is 0.330 e. The first-order valence-electron chi connectivity index (χ1n) is 12.8. The summed E-state index contributed by atoms with van der Waals surface area (Å²) >= 11 is 0. The highest BCUT2D eigenvalue weighted by Crippen LogP contribution is 2.46. The van der Waals surface area contributed by atoms with Crippen LogP contribution < -0.4 is 21.3 Å². The first-order chi connectivity index (χ1) is 18.6. The molecule has 0 aliphatic rings. The van der Waals surface area contributed by atoms with E-state index < -0.39 is 13.1 Å². The van der Waals surface area contributed by atoms with E-state index in [1.807, 2.05) is 0 Å². The second-order valence-electron chi connectivity index (χ2n) is 8.67. The van der Waals surface area contributed by atoms with Crippen molar-refractivity contribution in [2.24, 2.45) is 0 Å². The maximum absolute atomic E-state index is 13.0. The summed E-state index contributed by atoms with van der Waals surface area (Å²) in [6.07, 6.45) is 17.4. The number of rotatable bonds is 21. The summed E-state index contributed by atoms with van der Waals surface area (Å²) in [6.45, 7) is 2.02. The molecule has 0 aromatic carbocycles. The van der Waals surface area contributed by atoms with E-state index in [-0.39, 0.29) is 101 Å². The molecule has 0 saturated carbocycles.